The molecule has 4 aliphatic rings. The Balaban J connectivity index is 1.70. The molecular formula is C22H28N2O3. The molecule has 1 saturated heterocycles. The van der Waals surface area contributed by atoms with Gasteiger partial charge in [-0.05, 0) is 69.0 Å². The summed E-state index contributed by atoms with van der Waals surface area (Å²) in [6.07, 6.45) is 6.22. The molecule has 3 aliphatic carbocycles. The third-order valence-electron chi connectivity index (χ3n) is 7.67. The van der Waals surface area contributed by atoms with Gasteiger partial charge in [0.05, 0.1) is 11.2 Å². The summed E-state index contributed by atoms with van der Waals surface area (Å²) in [5.41, 5.74) is 7.09. The first-order chi connectivity index (χ1) is 12.9. The van der Waals surface area contributed by atoms with Crippen molar-refractivity contribution in [3.05, 3.63) is 41.0 Å². The predicted molar refractivity (Wildman–Crippen MR) is 103 cm³/mol. The summed E-state index contributed by atoms with van der Waals surface area (Å²) >= 11 is 0. The molecule has 4 N–H and O–H groups in total. The Morgan fingerprint density at radius 2 is 2.11 bits per heavy atom. The summed E-state index contributed by atoms with van der Waals surface area (Å²) in [6, 6.07) is 3.63. The quantitative estimate of drug-likeness (QED) is 0.714. The number of aromatic hydroxyl groups is 1. The van der Waals surface area contributed by atoms with E-state index < -0.39 is 16.9 Å². The van der Waals surface area contributed by atoms with Gasteiger partial charge >= 0.3 is 0 Å². The summed E-state index contributed by atoms with van der Waals surface area (Å²) in [5.74, 6) is 0.118. The van der Waals surface area contributed by atoms with Crippen LogP contribution in [0.2, 0.25) is 0 Å². The van der Waals surface area contributed by atoms with Gasteiger partial charge in [0.1, 0.15) is 5.75 Å². The molecule has 0 aromatic heterocycles. The van der Waals surface area contributed by atoms with Crippen molar-refractivity contribution in [3.63, 3.8) is 0 Å². The molecule has 1 unspecified atom stereocenters. The normalized spacial score (nSPS) is 35.4. The number of carbonyl (C=O) groups is 1. The molecule has 5 nitrogen and oxygen atoms in total. The van der Waals surface area contributed by atoms with E-state index >= 15 is 0 Å². The van der Waals surface area contributed by atoms with Gasteiger partial charge in [0.2, 0.25) is 0 Å². The molecule has 3 fully saturated rings. The molecular weight excluding hydrogens is 340 g/mol. The molecule has 0 radical (unpaired) electrons. The third kappa shape index (κ3) is 2.28. The van der Waals surface area contributed by atoms with Gasteiger partial charge in [-0.1, -0.05) is 18.2 Å². The monoisotopic (exact) mass is 368 g/mol. The second kappa shape index (κ2) is 5.58. The number of phenols is 1. The zero-order chi connectivity index (χ0) is 19.0. The van der Waals surface area contributed by atoms with Crippen molar-refractivity contribution in [1.29, 1.82) is 0 Å². The average molecular weight is 368 g/mol. The molecule has 27 heavy (non-hydrogen) atoms. The smallest absolute Gasteiger partial charge is 0.252 e. The van der Waals surface area contributed by atoms with Crippen LogP contribution in [0.3, 0.4) is 0 Å². The van der Waals surface area contributed by atoms with Crippen LogP contribution in [0.5, 0.6) is 5.75 Å². The minimum absolute atomic E-state index is 0.0257. The van der Waals surface area contributed by atoms with E-state index in [9.17, 15) is 15.0 Å². The Kier molecular flexibility index (Phi) is 3.57. The van der Waals surface area contributed by atoms with E-state index in [0.717, 1.165) is 48.5 Å². The number of likely N-dealkylation sites (tertiary alicyclic amines) is 1. The van der Waals surface area contributed by atoms with Crippen molar-refractivity contribution in [2.75, 3.05) is 13.1 Å². The van der Waals surface area contributed by atoms with Gasteiger partial charge in [-0.15, -0.1) is 0 Å². The van der Waals surface area contributed by atoms with Crippen LogP contribution in [0, 0.1) is 5.92 Å². The van der Waals surface area contributed by atoms with Crippen LogP contribution in [-0.4, -0.2) is 45.8 Å². The topological polar surface area (TPSA) is 86.8 Å². The van der Waals surface area contributed by atoms with Crippen LogP contribution in [0.25, 0.3) is 0 Å². The highest BCUT2D eigenvalue weighted by Gasteiger charge is 2.64. The molecule has 1 amide bonds. The van der Waals surface area contributed by atoms with Crippen LogP contribution in [-0.2, 0) is 11.8 Å². The predicted octanol–water partition coefficient (Wildman–Crippen LogP) is 2.24. The minimum atomic E-state index is -0.901. The number of benzene rings is 1. The number of aliphatic hydroxyl groups is 1. The van der Waals surface area contributed by atoms with E-state index in [1.165, 1.54) is 12.8 Å². The largest absolute Gasteiger partial charge is 0.507 e. The lowest BCUT2D eigenvalue weighted by Crippen LogP contribution is -2.72. The second-order valence-corrected chi connectivity index (χ2v) is 9.20. The number of primary amides is 1. The highest BCUT2D eigenvalue weighted by Crippen LogP contribution is 2.61. The van der Waals surface area contributed by atoms with Gasteiger partial charge in [0, 0.05) is 23.6 Å². The number of piperidine rings is 1. The Hall–Kier alpha value is -1.85. The standard InChI is InChI=1S/C22H28N2O3/c1-13-6-7-22(27)17-10-15-4-5-16(20(23)26)19(25)18(15)21(22,11-13)8-9-24(17)12-14-2-3-14/h4-5,14,17,25,27H,1-3,6-12H2,(H2,23,26)/t17-,21?,22-/m1/s1. The molecule has 1 aliphatic heterocycles. The lowest BCUT2D eigenvalue weighted by atomic mass is 9.48. The molecule has 144 valence electrons. The van der Waals surface area contributed by atoms with Crippen molar-refractivity contribution in [2.45, 2.75) is 62.0 Å². The number of hydrogen-bond acceptors (Lipinski definition) is 4. The molecule has 5 rings (SSSR count). The Labute approximate surface area is 159 Å². The summed E-state index contributed by atoms with van der Waals surface area (Å²) in [6.45, 7) is 6.19. The third-order valence-corrected chi connectivity index (χ3v) is 7.67. The number of rotatable bonds is 3. The maximum atomic E-state index is 12.1. The number of allylic oxidation sites excluding steroid dienone is 1. The number of fused-ring (bicyclic) bond motifs is 1. The number of nitrogens with two attached hydrogens (primary N) is 1. The average Bonchev–Trinajstić information content (AvgIpc) is 3.42. The Bertz CT molecular complexity index is 846. The number of hydrogen-bond donors (Lipinski definition) is 3. The summed E-state index contributed by atoms with van der Waals surface area (Å²) < 4.78 is 0. The summed E-state index contributed by atoms with van der Waals surface area (Å²) in [4.78, 5) is 14.3. The molecule has 2 bridgehead atoms. The van der Waals surface area contributed by atoms with Crippen LogP contribution < -0.4 is 5.73 Å². The van der Waals surface area contributed by atoms with Crippen molar-refractivity contribution >= 4 is 5.91 Å². The maximum Gasteiger partial charge on any atom is 0.252 e. The van der Waals surface area contributed by atoms with E-state index in [1.807, 2.05) is 6.07 Å². The highest BCUT2D eigenvalue weighted by molar-refractivity contribution is 5.96. The number of nitrogens with zero attached hydrogens (tertiary/aromatic N) is 1. The van der Waals surface area contributed by atoms with Crippen molar-refractivity contribution < 1.29 is 15.0 Å². The summed E-state index contributed by atoms with van der Waals surface area (Å²) in [5, 5.41) is 23.1. The first-order valence-corrected chi connectivity index (χ1v) is 10.1. The van der Waals surface area contributed by atoms with Crippen LogP contribution in [0.15, 0.2) is 24.3 Å². The first-order valence-electron chi connectivity index (χ1n) is 10.1. The van der Waals surface area contributed by atoms with Crippen molar-refractivity contribution in [2.24, 2.45) is 11.7 Å². The fourth-order valence-electron chi connectivity index (χ4n) is 6.18. The van der Waals surface area contributed by atoms with Crippen LogP contribution in [0.4, 0.5) is 0 Å². The summed E-state index contributed by atoms with van der Waals surface area (Å²) in [7, 11) is 0. The van der Waals surface area contributed by atoms with E-state index in [0.29, 0.717) is 19.3 Å². The zero-order valence-electron chi connectivity index (χ0n) is 15.7. The van der Waals surface area contributed by atoms with E-state index in [1.54, 1.807) is 6.07 Å². The highest BCUT2D eigenvalue weighted by atomic mass is 16.3. The minimum Gasteiger partial charge on any atom is -0.507 e. The fraction of sp³-hybridized carbons (Fsp3) is 0.591. The molecule has 1 aromatic rings. The lowest BCUT2D eigenvalue weighted by Gasteiger charge is -2.64. The van der Waals surface area contributed by atoms with Crippen molar-refractivity contribution in [3.8, 4) is 5.75 Å². The zero-order valence-corrected chi connectivity index (χ0v) is 15.7. The van der Waals surface area contributed by atoms with Crippen LogP contribution in [0.1, 0.15) is 60.0 Å². The molecule has 5 heteroatoms. The van der Waals surface area contributed by atoms with Gasteiger partial charge in [-0.3, -0.25) is 9.69 Å². The van der Waals surface area contributed by atoms with Gasteiger partial charge in [0.15, 0.2) is 0 Å². The lowest BCUT2D eigenvalue weighted by molar-refractivity contribution is -0.159. The van der Waals surface area contributed by atoms with Crippen LogP contribution >= 0.6 is 0 Å². The maximum absolute atomic E-state index is 12.1. The Morgan fingerprint density at radius 3 is 2.81 bits per heavy atom. The van der Waals surface area contributed by atoms with Gasteiger partial charge in [-0.2, -0.15) is 0 Å². The van der Waals surface area contributed by atoms with Gasteiger partial charge in [0.25, 0.3) is 5.91 Å². The second-order valence-electron chi connectivity index (χ2n) is 9.20. The number of amides is 1. The van der Waals surface area contributed by atoms with Crippen molar-refractivity contribution in [1.82, 2.24) is 4.90 Å². The van der Waals surface area contributed by atoms with E-state index in [-0.39, 0.29) is 17.4 Å². The molecule has 1 aromatic carbocycles. The van der Waals surface area contributed by atoms with Gasteiger partial charge < -0.3 is 15.9 Å². The Morgan fingerprint density at radius 1 is 1.33 bits per heavy atom. The van der Waals surface area contributed by atoms with E-state index in [2.05, 4.69) is 11.5 Å². The molecule has 0 spiro atoms. The number of carbonyl (C=O) groups excluding carboxylic acids is 1. The molecule has 1 heterocycles. The fourth-order valence-corrected chi connectivity index (χ4v) is 6.18. The first kappa shape index (κ1) is 17.3. The van der Waals surface area contributed by atoms with Gasteiger partial charge in [-0.25, -0.2) is 0 Å². The SMILES string of the molecule is C=C1CC[C@@]2(O)[C@H]3Cc4ccc(C(N)=O)c(O)c4C2(CCN3CC2CC2)C1. The molecule has 2 saturated carbocycles. The van der Waals surface area contributed by atoms with E-state index in [4.69, 9.17) is 5.73 Å². The molecule has 3 atom stereocenters.